The van der Waals surface area contributed by atoms with Gasteiger partial charge in [0.15, 0.2) is 0 Å². The summed E-state index contributed by atoms with van der Waals surface area (Å²) >= 11 is 0. The van der Waals surface area contributed by atoms with E-state index >= 15 is 0 Å². The van der Waals surface area contributed by atoms with E-state index in [0.717, 1.165) is 0 Å². The summed E-state index contributed by atoms with van der Waals surface area (Å²) in [6.07, 6.45) is -3.52. The van der Waals surface area contributed by atoms with Gasteiger partial charge < -0.3 is 29.5 Å². The molecule has 1 saturated heterocycles. The van der Waals surface area contributed by atoms with Crippen LogP contribution >= 0.6 is 0 Å². The number of carbonyl (C=O) groups is 1. The van der Waals surface area contributed by atoms with Crippen LogP contribution in [0.1, 0.15) is 0 Å². The van der Waals surface area contributed by atoms with Crippen LogP contribution in [-0.4, -0.2) is 72.6 Å². The maximum atomic E-state index is 10.1. The third-order valence-corrected chi connectivity index (χ3v) is 2.31. The van der Waals surface area contributed by atoms with Crippen molar-refractivity contribution in [1.29, 1.82) is 0 Å². The third-order valence-electron chi connectivity index (χ3n) is 2.31. The number of aliphatic hydroxyl groups is 3. The molecule has 4 unspecified atom stereocenters. The maximum Gasteiger partial charge on any atom is 0.293 e. The van der Waals surface area contributed by atoms with Gasteiger partial charge in [0, 0.05) is 0 Å². The maximum absolute atomic E-state index is 10.1. The number of ether oxygens (including phenoxy) is 3. The quantitative estimate of drug-likeness (QED) is 0.425. The minimum atomic E-state index is -1.08. The molecule has 0 radical (unpaired) electrons. The SMILES string of the molecule is O=COCC(OCCO)C1OCC(O)C1O. The highest BCUT2D eigenvalue weighted by molar-refractivity contribution is 5.36. The molecule has 0 aromatic rings. The Hall–Kier alpha value is -0.730. The lowest BCUT2D eigenvalue weighted by Crippen LogP contribution is -2.42. The summed E-state index contributed by atoms with van der Waals surface area (Å²) in [4.78, 5) is 10.1. The fourth-order valence-corrected chi connectivity index (χ4v) is 1.53. The second-order valence-electron chi connectivity index (χ2n) is 3.42. The van der Waals surface area contributed by atoms with E-state index in [1.54, 1.807) is 0 Å². The lowest BCUT2D eigenvalue weighted by molar-refractivity contribution is -0.142. The van der Waals surface area contributed by atoms with Crippen LogP contribution in [0.15, 0.2) is 0 Å². The number of aliphatic hydroxyl groups excluding tert-OH is 3. The van der Waals surface area contributed by atoms with Crippen molar-refractivity contribution in [2.45, 2.75) is 24.4 Å². The van der Waals surface area contributed by atoms with Crippen molar-refractivity contribution in [3.63, 3.8) is 0 Å². The summed E-state index contributed by atoms with van der Waals surface area (Å²) in [5.41, 5.74) is 0. The molecule has 1 rings (SSSR count). The highest BCUT2D eigenvalue weighted by Gasteiger charge is 2.40. The van der Waals surface area contributed by atoms with Crippen molar-refractivity contribution in [2.75, 3.05) is 26.4 Å². The van der Waals surface area contributed by atoms with Crippen LogP contribution in [0.25, 0.3) is 0 Å². The zero-order valence-corrected chi connectivity index (χ0v) is 8.69. The molecule has 0 amide bonds. The van der Waals surface area contributed by atoms with E-state index in [0.29, 0.717) is 0 Å². The van der Waals surface area contributed by atoms with Crippen LogP contribution in [0.4, 0.5) is 0 Å². The zero-order chi connectivity index (χ0) is 12.0. The van der Waals surface area contributed by atoms with E-state index in [1.807, 2.05) is 0 Å². The van der Waals surface area contributed by atoms with E-state index in [4.69, 9.17) is 14.6 Å². The Morgan fingerprint density at radius 3 is 2.75 bits per heavy atom. The normalized spacial score (nSPS) is 31.3. The predicted octanol–water partition coefficient (Wildman–Crippen LogP) is -2.34. The van der Waals surface area contributed by atoms with Crippen LogP contribution in [0.5, 0.6) is 0 Å². The Balaban J connectivity index is 2.49. The molecule has 0 aromatic heterocycles. The molecular weight excluding hydrogens is 220 g/mol. The fourth-order valence-electron chi connectivity index (χ4n) is 1.53. The van der Waals surface area contributed by atoms with Gasteiger partial charge in [-0.2, -0.15) is 0 Å². The van der Waals surface area contributed by atoms with Crippen LogP contribution in [0.3, 0.4) is 0 Å². The van der Waals surface area contributed by atoms with Crippen LogP contribution in [0, 0.1) is 0 Å². The molecule has 0 aromatic carbocycles. The van der Waals surface area contributed by atoms with E-state index < -0.39 is 24.4 Å². The second kappa shape index (κ2) is 6.77. The standard InChI is InChI=1S/C9H16O7/c10-1-2-15-7(4-14-5-11)9-8(13)6(12)3-16-9/h5-10,12-13H,1-4H2. The van der Waals surface area contributed by atoms with E-state index in [2.05, 4.69) is 4.74 Å². The highest BCUT2D eigenvalue weighted by atomic mass is 16.6. The minimum Gasteiger partial charge on any atom is -0.465 e. The van der Waals surface area contributed by atoms with Crippen molar-refractivity contribution < 1.29 is 34.3 Å². The molecule has 16 heavy (non-hydrogen) atoms. The Kier molecular flexibility index (Phi) is 5.64. The Labute approximate surface area is 92.5 Å². The van der Waals surface area contributed by atoms with E-state index in [9.17, 15) is 15.0 Å². The smallest absolute Gasteiger partial charge is 0.293 e. The van der Waals surface area contributed by atoms with Crippen molar-refractivity contribution >= 4 is 6.47 Å². The van der Waals surface area contributed by atoms with Gasteiger partial charge in [-0.1, -0.05) is 0 Å². The lowest BCUT2D eigenvalue weighted by atomic mass is 10.1. The molecule has 0 aliphatic carbocycles. The second-order valence-corrected chi connectivity index (χ2v) is 3.42. The summed E-state index contributed by atoms with van der Waals surface area (Å²) in [5.74, 6) is 0. The Morgan fingerprint density at radius 1 is 1.50 bits per heavy atom. The largest absolute Gasteiger partial charge is 0.465 e. The van der Waals surface area contributed by atoms with Gasteiger partial charge in [0.25, 0.3) is 6.47 Å². The monoisotopic (exact) mass is 236 g/mol. The topological polar surface area (TPSA) is 105 Å². The average molecular weight is 236 g/mol. The highest BCUT2D eigenvalue weighted by Crippen LogP contribution is 2.19. The van der Waals surface area contributed by atoms with E-state index in [-0.39, 0.29) is 32.9 Å². The van der Waals surface area contributed by atoms with Crippen molar-refractivity contribution in [2.24, 2.45) is 0 Å². The molecule has 4 atom stereocenters. The number of carbonyl (C=O) groups excluding carboxylic acids is 1. The van der Waals surface area contributed by atoms with Gasteiger partial charge in [-0.3, -0.25) is 4.79 Å². The molecule has 0 bridgehead atoms. The van der Waals surface area contributed by atoms with Gasteiger partial charge in [-0.25, -0.2) is 0 Å². The van der Waals surface area contributed by atoms with E-state index in [1.165, 1.54) is 0 Å². The molecule has 1 fully saturated rings. The third kappa shape index (κ3) is 3.39. The van der Waals surface area contributed by atoms with Gasteiger partial charge in [0.05, 0.1) is 19.8 Å². The first-order valence-corrected chi connectivity index (χ1v) is 4.96. The van der Waals surface area contributed by atoms with Gasteiger partial charge in [0.1, 0.15) is 31.0 Å². The molecule has 7 nitrogen and oxygen atoms in total. The molecule has 0 saturated carbocycles. The summed E-state index contributed by atoms with van der Waals surface area (Å²) in [7, 11) is 0. The summed E-state index contributed by atoms with van der Waals surface area (Å²) in [6.45, 7) is 0.00936. The molecular formula is C9H16O7. The summed E-state index contributed by atoms with van der Waals surface area (Å²) in [6, 6.07) is 0. The minimum absolute atomic E-state index is 0.00586. The predicted molar refractivity (Wildman–Crippen MR) is 50.6 cm³/mol. The van der Waals surface area contributed by atoms with Crippen LogP contribution in [0.2, 0.25) is 0 Å². The molecule has 1 aliphatic rings. The Morgan fingerprint density at radius 2 is 2.25 bits per heavy atom. The average Bonchev–Trinajstić information content (AvgIpc) is 2.61. The van der Waals surface area contributed by atoms with Crippen LogP contribution < -0.4 is 0 Å². The Bertz CT molecular complexity index is 210. The first kappa shape index (κ1) is 13.3. The first-order chi connectivity index (χ1) is 7.70. The molecule has 7 heteroatoms. The molecule has 0 spiro atoms. The van der Waals surface area contributed by atoms with Crippen LogP contribution in [-0.2, 0) is 19.0 Å². The summed E-state index contributed by atoms with van der Waals surface area (Å²) < 4.78 is 14.8. The lowest BCUT2D eigenvalue weighted by Gasteiger charge is -2.24. The number of hydrogen-bond donors (Lipinski definition) is 3. The van der Waals surface area contributed by atoms with Gasteiger partial charge in [0.2, 0.25) is 0 Å². The number of rotatable bonds is 7. The molecule has 1 aliphatic heterocycles. The number of hydrogen-bond acceptors (Lipinski definition) is 7. The summed E-state index contributed by atoms with van der Waals surface area (Å²) in [5, 5.41) is 27.5. The van der Waals surface area contributed by atoms with Gasteiger partial charge in [-0.15, -0.1) is 0 Å². The van der Waals surface area contributed by atoms with Gasteiger partial charge >= 0.3 is 0 Å². The fraction of sp³-hybridized carbons (Fsp3) is 0.889. The van der Waals surface area contributed by atoms with Crippen molar-refractivity contribution in [3.8, 4) is 0 Å². The molecule has 3 N–H and O–H groups in total. The zero-order valence-electron chi connectivity index (χ0n) is 8.69. The molecule has 94 valence electrons. The van der Waals surface area contributed by atoms with Crippen molar-refractivity contribution in [3.05, 3.63) is 0 Å². The van der Waals surface area contributed by atoms with Crippen molar-refractivity contribution in [1.82, 2.24) is 0 Å². The van der Waals surface area contributed by atoms with Gasteiger partial charge in [-0.05, 0) is 0 Å². The molecule has 1 heterocycles. The first-order valence-electron chi connectivity index (χ1n) is 4.96.